The highest BCUT2D eigenvalue weighted by Crippen LogP contribution is 2.29. The summed E-state index contributed by atoms with van der Waals surface area (Å²) in [4.78, 5) is 52.4. The maximum atomic E-state index is 13.3. The van der Waals surface area contributed by atoms with E-state index >= 15 is 0 Å². The van der Waals surface area contributed by atoms with Gasteiger partial charge in [0.05, 0.1) is 14.2 Å². The summed E-state index contributed by atoms with van der Waals surface area (Å²) in [6, 6.07) is 15.3. The number of rotatable bonds is 30. The van der Waals surface area contributed by atoms with Crippen LogP contribution in [-0.4, -0.2) is 38.3 Å². The second-order valence-corrected chi connectivity index (χ2v) is 16.2. The van der Waals surface area contributed by atoms with Gasteiger partial charge in [0, 0.05) is 11.4 Å². The van der Waals surface area contributed by atoms with Crippen LogP contribution in [-0.2, 0) is 22.3 Å². The largest absolute Gasteiger partial charge is 0.465 e. The number of carbonyl (C=O) groups is 4. The third kappa shape index (κ3) is 21.1. The van der Waals surface area contributed by atoms with Crippen LogP contribution in [0.1, 0.15) is 167 Å². The van der Waals surface area contributed by atoms with Gasteiger partial charge >= 0.3 is 24.1 Å². The molecule has 0 aliphatic heterocycles. The molecule has 0 aromatic heterocycles. The number of unbranched alkanes of at least 4 members (excludes halogenated alkanes) is 12. The third-order valence-corrected chi connectivity index (χ3v) is 10.9. The predicted octanol–water partition coefficient (Wildman–Crippen LogP) is 15.2. The van der Waals surface area contributed by atoms with Gasteiger partial charge in [-0.25, -0.2) is 19.2 Å². The summed E-state index contributed by atoms with van der Waals surface area (Å²) >= 11 is 0. The van der Waals surface area contributed by atoms with Crippen LogP contribution in [0.3, 0.4) is 0 Å². The number of benzene rings is 3. The van der Waals surface area contributed by atoms with Gasteiger partial charge in [0.1, 0.15) is 22.6 Å². The zero-order chi connectivity index (χ0) is 46.9. The zero-order valence-corrected chi connectivity index (χ0v) is 39.7. The summed E-state index contributed by atoms with van der Waals surface area (Å²) < 4.78 is 21.6. The first kappa shape index (κ1) is 53.4. The molecule has 0 radical (unpaired) electrons. The first-order valence-corrected chi connectivity index (χ1v) is 23.8. The molecule has 0 bridgehead atoms. The molecule has 2 amide bonds. The molecule has 0 saturated carbocycles. The molecule has 0 aliphatic rings. The van der Waals surface area contributed by atoms with Gasteiger partial charge in [-0.05, 0) is 125 Å². The van der Waals surface area contributed by atoms with Gasteiger partial charge in [0.2, 0.25) is 0 Å². The average molecular weight is 891 g/mol. The van der Waals surface area contributed by atoms with E-state index in [2.05, 4.69) is 73.1 Å². The molecule has 0 spiro atoms. The molecule has 352 valence electrons. The number of esters is 2. The quantitative estimate of drug-likeness (QED) is 0.0384. The molecule has 3 rings (SSSR count). The SMILES string of the molecule is CCC/C=C/C/C=C/CCCCCCCc1cccc(OC(=O)Nc2ccc(C)c(NC(=O)Oc3cccc(CCCCCCC/C=C/C/C=C/CCC)c3C(=O)OC)c2)c1C(=O)OC. The lowest BCUT2D eigenvalue weighted by Crippen LogP contribution is -2.21. The topological polar surface area (TPSA) is 129 Å². The van der Waals surface area contributed by atoms with Gasteiger partial charge in [-0.2, -0.15) is 0 Å². The van der Waals surface area contributed by atoms with Gasteiger partial charge in [0.25, 0.3) is 0 Å². The first-order valence-electron chi connectivity index (χ1n) is 23.8. The van der Waals surface area contributed by atoms with E-state index in [1.54, 1.807) is 49.4 Å². The Balaban J connectivity index is 1.53. The average Bonchev–Trinajstić information content (AvgIpc) is 3.30. The molecule has 0 aliphatic carbocycles. The second kappa shape index (κ2) is 32.7. The number of allylic oxidation sites excluding steroid dienone is 8. The number of hydrogen-bond donors (Lipinski definition) is 2. The van der Waals surface area contributed by atoms with Crippen LogP contribution in [0.25, 0.3) is 0 Å². The summed E-state index contributed by atoms with van der Waals surface area (Å²) in [6.45, 7) is 6.16. The van der Waals surface area contributed by atoms with E-state index in [1.807, 2.05) is 12.1 Å². The van der Waals surface area contributed by atoms with E-state index in [1.165, 1.54) is 27.1 Å². The number of anilines is 2. The van der Waals surface area contributed by atoms with Crippen LogP contribution in [0, 0.1) is 6.92 Å². The third-order valence-electron chi connectivity index (χ3n) is 10.9. The van der Waals surface area contributed by atoms with Crippen molar-refractivity contribution in [2.24, 2.45) is 0 Å². The van der Waals surface area contributed by atoms with Crippen LogP contribution in [0.4, 0.5) is 21.0 Å². The van der Waals surface area contributed by atoms with Crippen molar-refractivity contribution in [2.45, 2.75) is 149 Å². The van der Waals surface area contributed by atoms with E-state index in [4.69, 9.17) is 18.9 Å². The summed E-state index contributed by atoms with van der Waals surface area (Å²) in [5.41, 5.74) is 3.32. The summed E-state index contributed by atoms with van der Waals surface area (Å²) in [5.74, 6) is -0.993. The fourth-order valence-corrected chi connectivity index (χ4v) is 7.28. The molecule has 3 aromatic rings. The number of hydrogen-bond acceptors (Lipinski definition) is 8. The Bertz CT molecular complexity index is 2030. The Kier molecular flexibility index (Phi) is 26.9. The van der Waals surface area contributed by atoms with Crippen molar-refractivity contribution in [1.29, 1.82) is 0 Å². The van der Waals surface area contributed by atoms with E-state index in [-0.39, 0.29) is 22.6 Å². The van der Waals surface area contributed by atoms with Crippen LogP contribution in [0.5, 0.6) is 11.5 Å². The normalized spacial score (nSPS) is 11.5. The number of amides is 2. The fourth-order valence-electron chi connectivity index (χ4n) is 7.28. The number of carbonyl (C=O) groups excluding carboxylic acids is 4. The minimum atomic E-state index is -0.825. The molecule has 3 aromatic carbocycles. The van der Waals surface area contributed by atoms with E-state index in [9.17, 15) is 19.2 Å². The molecular formula is C55H74N2O8. The molecular weight excluding hydrogens is 817 g/mol. The van der Waals surface area contributed by atoms with E-state index in [0.717, 1.165) is 114 Å². The summed E-state index contributed by atoms with van der Waals surface area (Å²) in [7, 11) is 2.60. The molecule has 65 heavy (non-hydrogen) atoms. The zero-order valence-electron chi connectivity index (χ0n) is 39.7. The van der Waals surface area contributed by atoms with Gasteiger partial charge in [-0.15, -0.1) is 0 Å². The predicted molar refractivity (Wildman–Crippen MR) is 264 cm³/mol. The summed E-state index contributed by atoms with van der Waals surface area (Å²) in [6.07, 6.45) is 36.8. The first-order chi connectivity index (χ1) is 31.7. The number of ether oxygens (including phenoxy) is 4. The Morgan fingerprint density at radius 1 is 0.508 bits per heavy atom. The van der Waals surface area contributed by atoms with Crippen molar-refractivity contribution < 1.29 is 38.1 Å². The van der Waals surface area contributed by atoms with Crippen molar-refractivity contribution in [3.8, 4) is 11.5 Å². The van der Waals surface area contributed by atoms with Crippen molar-refractivity contribution in [2.75, 3.05) is 24.9 Å². The van der Waals surface area contributed by atoms with Crippen molar-refractivity contribution in [3.63, 3.8) is 0 Å². The maximum absolute atomic E-state index is 13.3. The lowest BCUT2D eigenvalue weighted by molar-refractivity contribution is 0.0587. The number of methoxy groups -OCH3 is 2. The smallest absolute Gasteiger partial charge is 0.417 e. The highest BCUT2D eigenvalue weighted by Gasteiger charge is 2.22. The second-order valence-electron chi connectivity index (χ2n) is 16.2. The number of nitrogens with one attached hydrogen (secondary N) is 2. The highest BCUT2D eigenvalue weighted by atomic mass is 16.6. The molecule has 0 atom stereocenters. The molecule has 0 fully saturated rings. The Labute approximate surface area is 388 Å². The molecule has 2 N–H and O–H groups in total. The van der Waals surface area contributed by atoms with Gasteiger partial charge in [0.15, 0.2) is 0 Å². The highest BCUT2D eigenvalue weighted by molar-refractivity contribution is 5.98. The van der Waals surface area contributed by atoms with Crippen LogP contribution >= 0.6 is 0 Å². The lowest BCUT2D eigenvalue weighted by Gasteiger charge is -2.15. The molecule has 0 saturated heterocycles. The van der Waals surface area contributed by atoms with Gasteiger partial charge < -0.3 is 18.9 Å². The van der Waals surface area contributed by atoms with Gasteiger partial charge in [-0.1, -0.05) is 144 Å². The summed E-state index contributed by atoms with van der Waals surface area (Å²) in [5, 5.41) is 5.42. The minimum Gasteiger partial charge on any atom is -0.465 e. The van der Waals surface area contributed by atoms with Crippen LogP contribution < -0.4 is 20.1 Å². The minimum absolute atomic E-state index is 0.0887. The van der Waals surface area contributed by atoms with Crippen LogP contribution in [0.2, 0.25) is 0 Å². The molecule has 10 nitrogen and oxygen atoms in total. The monoisotopic (exact) mass is 891 g/mol. The van der Waals surface area contributed by atoms with Crippen molar-refractivity contribution in [1.82, 2.24) is 0 Å². The maximum Gasteiger partial charge on any atom is 0.417 e. The van der Waals surface area contributed by atoms with Crippen molar-refractivity contribution in [3.05, 3.63) is 131 Å². The number of aryl methyl sites for hydroxylation is 3. The fraction of sp³-hybridized carbons (Fsp3) is 0.455. The molecule has 10 heteroatoms. The Hall–Kier alpha value is -5.90. The standard InChI is InChI=1S/C55H74N2O8/c1-6-8-10-12-14-16-18-20-22-24-26-28-30-34-44-36-32-38-48(50(44)52(58)62-4)64-54(60)56-46-41-40-43(3)47(42-46)57-55(61)65-49-39-33-37-45(51(49)53(59)63-5)35-31-29-27-25-23-21-19-17-15-13-11-9-7-2/h10-13,16-19,32-33,36-42H,6-9,14-15,20-31,34-35H2,1-5H3,(H,56,60)(H,57,61)/b12-10+,13-11+,18-16+,19-17+. The lowest BCUT2D eigenvalue weighted by atomic mass is 9.99. The van der Waals surface area contributed by atoms with Crippen LogP contribution in [0.15, 0.2) is 103 Å². The van der Waals surface area contributed by atoms with Gasteiger partial charge in [-0.3, -0.25) is 10.6 Å². The van der Waals surface area contributed by atoms with Crippen molar-refractivity contribution >= 4 is 35.5 Å². The van der Waals surface area contributed by atoms with E-state index in [0.29, 0.717) is 29.8 Å². The molecule has 0 unspecified atom stereocenters. The molecule has 0 heterocycles. The van der Waals surface area contributed by atoms with E-state index < -0.39 is 24.1 Å². The Morgan fingerprint density at radius 2 is 0.938 bits per heavy atom. The Morgan fingerprint density at radius 3 is 1.40 bits per heavy atom.